The molecular weight excluding hydrogens is 619 g/mol. The summed E-state index contributed by atoms with van der Waals surface area (Å²) in [7, 11) is -4.14. The Morgan fingerprint density at radius 3 is 2.02 bits per heavy atom. The van der Waals surface area contributed by atoms with E-state index in [9.17, 15) is 18.0 Å². The summed E-state index contributed by atoms with van der Waals surface area (Å²) in [5.41, 5.74) is 4.25. The summed E-state index contributed by atoms with van der Waals surface area (Å²) >= 11 is 0. The highest BCUT2D eigenvalue weighted by atomic mass is 32.2. The minimum atomic E-state index is -4.14. The lowest BCUT2D eigenvalue weighted by Gasteiger charge is -2.35. The Bertz CT molecular complexity index is 1750. The molecule has 0 radical (unpaired) electrons. The number of aryl methyl sites for hydroxylation is 1. The first kappa shape index (κ1) is 34.9. The number of nitrogens with zero attached hydrogens (tertiary/aromatic N) is 2. The van der Waals surface area contributed by atoms with Crippen molar-refractivity contribution in [1.82, 2.24) is 10.2 Å². The van der Waals surface area contributed by atoms with E-state index in [4.69, 9.17) is 0 Å². The smallest absolute Gasteiger partial charge is 0.264 e. The van der Waals surface area contributed by atoms with Gasteiger partial charge in [0.2, 0.25) is 11.8 Å². The first-order valence-electron chi connectivity index (χ1n) is 17.0. The van der Waals surface area contributed by atoms with Crippen molar-refractivity contribution in [2.45, 2.75) is 88.7 Å². The van der Waals surface area contributed by atoms with Crippen molar-refractivity contribution in [3.8, 4) is 0 Å². The van der Waals surface area contributed by atoms with E-state index in [2.05, 4.69) is 19.2 Å². The van der Waals surface area contributed by atoms with Gasteiger partial charge in [-0.05, 0) is 72.2 Å². The summed E-state index contributed by atoms with van der Waals surface area (Å²) < 4.78 is 29.7. The Balaban J connectivity index is 1.57. The van der Waals surface area contributed by atoms with Gasteiger partial charge in [0.05, 0.1) is 10.6 Å². The molecule has 1 aliphatic rings. The molecule has 0 unspecified atom stereocenters. The van der Waals surface area contributed by atoms with Gasteiger partial charge in [0.25, 0.3) is 10.0 Å². The first-order chi connectivity index (χ1) is 23.1. The second-order valence-electron chi connectivity index (χ2n) is 13.1. The van der Waals surface area contributed by atoms with Crippen LogP contribution in [0.4, 0.5) is 5.69 Å². The molecule has 8 heteroatoms. The van der Waals surface area contributed by atoms with Crippen molar-refractivity contribution in [3.05, 3.63) is 131 Å². The van der Waals surface area contributed by atoms with Gasteiger partial charge in [-0.1, -0.05) is 118 Å². The molecule has 0 bridgehead atoms. The molecular formula is C40H47N3O4S. The van der Waals surface area contributed by atoms with Crippen LogP contribution < -0.4 is 9.62 Å². The van der Waals surface area contributed by atoms with Gasteiger partial charge in [-0.25, -0.2) is 8.42 Å². The fourth-order valence-corrected chi connectivity index (χ4v) is 7.78. The van der Waals surface area contributed by atoms with Crippen LogP contribution >= 0.6 is 0 Å². The van der Waals surface area contributed by atoms with Gasteiger partial charge in [-0.2, -0.15) is 0 Å². The summed E-state index contributed by atoms with van der Waals surface area (Å²) in [4.78, 5) is 30.7. The van der Waals surface area contributed by atoms with Crippen LogP contribution in [0.25, 0.3) is 0 Å². The van der Waals surface area contributed by atoms with Crippen LogP contribution in [0.15, 0.2) is 114 Å². The van der Waals surface area contributed by atoms with Crippen molar-refractivity contribution in [1.29, 1.82) is 0 Å². The van der Waals surface area contributed by atoms with Gasteiger partial charge in [0, 0.05) is 19.0 Å². The van der Waals surface area contributed by atoms with E-state index in [0.717, 1.165) is 54.4 Å². The molecule has 7 nitrogen and oxygen atoms in total. The van der Waals surface area contributed by atoms with Gasteiger partial charge >= 0.3 is 0 Å². The van der Waals surface area contributed by atoms with Crippen molar-refractivity contribution >= 4 is 27.5 Å². The predicted molar refractivity (Wildman–Crippen MR) is 192 cm³/mol. The minimum absolute atomic E-state index is 0.0503. The molecule has 0 saturated heterocycles. The van der Waals surface area contributed by atoms with Crippen LogP contribution in [0.2, 0.25) is 0 Å². The molecule has 2 amide bonds. The number of sulfonamides is 1. The van der Waals surface area contributed by atoms with Crippen molar-refractivity contribution < 1.29 is 18.0 Å². The summed E-state index contributed by atoms with van der Waals surface area (Å²) in [5, 5.41) is 3.27. The fraction of sp³-hybridized carbons (Fsp3) is 0.350. The molecule has 0 aliphatic heterocycles. The van der Waals surface area contributed by atoms with E-state index in [1.807, 2.05) is 73.7 Å². The SMILES string of the molecule is Cc1ccccc1CN(C(=O)CN(c1ccc(C(C)C)cc1)S(=O)(=O)c1ccccc1)[C@H](Cc1ccccc1)C(=O)NC1CCCCC1. The van der Waals surface area contributed by atoms with Crippen LogP contribution in [0.3, 0.4) is 0 Å². The largest absolute Gasteiger partial charge is 0.352 e. The maximum Gasteiger partial charge on any atom is 0.264 e. The van der Waals surface area contributed by atoms with Crippen LogP contribution in [0, 0.1) is 6.92 Å². The van der Waals surface area contributed by atoms with E-state index in [1.54, 1.807) is 35.2 Å². The van der Waals surface area contributed by atoms with E-state index in [0.29, 0.717) is 12.1 Å². The summed E-state index contributed by atoms with van der Waals surface area (Å²) in [6.07, 6.45) is 5.38. The van der Waals surface area contributed by atoms with Crippen molar-refractivity contribution in [2.24, 2.45) is 0 Å². The van der Waals surface area contributed by atoms with Crippen LogP contribution in [0.5, 0.6) is 0 Å². The maximum absolute atomic E-state index is 14.8. The minimum Gasteiger partial charge on any atom is -0.352 e. The molecule has 4 aromatic rings. The number of hydrogen-bond donors (Lipinski definition) is 1. The molecule has 1 atom stereocenters. The molecule has 48 heavy (non-hydrogen) atoms. The van der Waals surface area contributed by atoms with E-state index >= 15 is 0 Å². The second kappa shape index (κ2) is 16.1. The highest BCUT2D eigenvalue weighted by Gasteiger charge is 2.35. The molecule has 0 spiro atoms. The van der Waals surface area contributed by atoms with Crippen LogP contribution in [0.1, 0.15) is 74.1 Å². The third-order valence-corrected chi connectivity index (χ3v) is 11.1. The topological polar surface area (TPSA) is 86.8 Å². The number of carbonyl (C=O) groups is 2. The molecule has 1 N–H and O–H groups in total. The molecule has 0 heterocycles. The Kier molecular flexibility index (Phi) is 11.7. The molecule has 4 aromatic carbocycles. The van der Waals surface area contributed by atoms with E-state index in [1.165, 1.54) is 16.4 Å². The van der Waals surface area contributed by atoms with E-state index < -0.39 is 28.5 Å². The van der Waals surface area contributed by atoms with Gasteiger partial charge < -0.3 is 10.2 Å². The number of anilines is 1. The number of amides is 2. The lowest BCUT2D eigenvalue weighted by molar-refractivity contribution is -0.140. The molecule has 5 rings (SSSR count). The molecule has 1 aliphatic carbocycles. The van der Waals surface area contributed by atoms with Crippen molar-refractivity contribution in [2.75, 3.05) is 10.8 Å². The van der Waals surface area contributed by atoms with Gasteiger partial charge in [-0.3, -0.25) is 13.9 Å². The molecule has 252 valence electrons. The quantitative estimate of drug-likeness (QED) is 0.161. The predicted octanol–water partition coefficient (Wildman–Crippen LogP) is 7.40. The van der Waals surface area contributed by atoms with Crippen LogP contribution in [-0.4, -0.2) is 43.8 Å². The normalized spacial score (nSPS) is 14.3. The third-order valence-electron chi connectivity index (χ3n) is 9.28. The Morgan fingerprint density at radius 2 is 1.40 bits per heavy atom. The average Bonchev–Trinajstić information content (AvgIpc) is 3.10. The zero-order chi connectivity index (χ0) is 34.1. The fourth-order valence-electron chi connectivity index (χ4n) is 6.34. The summed E-state index contributed by atoms with van der Waals surface area (Å²) in [6.45, 7) is 5.82. The van der Waals surface area contributed by atoms with E-state index in [-0.39, 0.29) is 29.3 Å². The van der Waals surface area contributed by atoms with Gasteiger partial charge in [0.1, 0.15) is 12.6 Å². The number of nitrogens with one attached hydrogen (secondary N) is 1. The Morgan fingerprint density at radius 1 is 0.792 bits per heavy atom. The number of hydrogen-bond acceptors (Lipinski definition) is 4. The van der Waals surface area contributed by atoms with Crippen molar-refractivity contribution in [3.63, 3.8) is 0 Å². The zero-order valence-corrected chi connectivity index (χ0v) is 29.0. The lowest BCUT2D eigenvalue weighted by Crippen LogP contribution is -2.55. The molecule has 1 saturated carbocycles. The monoisotopic (exact) mass is 665 g/mol. The second-order valence-corrected chi connectivity index (χ2v) is 14.9. The summed E-state index contributed by atoms with van der Waals surface area (Å²) in [5.74, 6) is -0.414. The van der Waals surface area contributed by atoms with Crippen LogP contribution in [-0.2, 0) is 32.6 Å². The first-order valence-corrected chi connectivity index (χ1v) is 18.4. The number of carbonyl (C=O) groups excluding carboxylic acids is 2. The number of rotatable bonds is 13. The standard InChI is InChI=1S/C40H47N3O4S/c1-30(2)33-23-25-36(26-24-33)43(48(46,47)37-21-11-6-12-22-37)29-39(44)42(28-34-18-14-13-15-31(34)3)38(27-32-16-7-4-8-17-32)40(45)41-35-19-9-5-10-20-35/h4,6-8,11-18,21-26,30,35,38H,5,9-10,19-20,27-29H2,1-3H3,(H,41,45)/t38-/m1/s1. The average molecular weight is 666 g/mol. The lowest BCUT2D eigenvalue weighted by atomic mass is 9.94. The highest BCUT2D eigenvalue weighted by Crippen LogP contribution is 2.27. The highest BCUT2D eigenvalue weighted by molar-refractivity contribution is 7.92. The molecule has 1 fully saturated rings. The third kappa shape index (κ3) is 8.72. The zero-order valence-electron chi connectivity index (χ0n) is 28.2. The number of benzene rings is 4. The van der Waals surface area contributed by atoms with Gasteiger partial charge in [0.15, 0.2) is 0 Å². The Labute approximate surface area is 286 Å². The maximum atomic E-state index is 14.8. The van der Waals surface area contributed by atoms with Gasteiger partial charge in [-0.15, -0.1) is 0 Å². The Hall–Kier alpha value is -4.43. The summed E-state index contributed by atoms with van der Waals surface area (Å²) in [6, 6.07) is 32.2. The molecule has 0 aromatic heterocycles.